The Bertz CT molecular complexity index is 256. The van der Waals surface area contributed by atoms with Gasteiger partial charge >= 0.3 is 0 Å². The van der Waals surface area contributed by atoms with Crippen molar-refractivity contribution < 1.29 is 4.55 Å². The number of thioether (sulfide) groups is 1. The van der Waals surface area contributed by atoms with Crippen LogP contribution in [-0.4, -0.2) is 20.8 Å². The molecule has 12 heavy (non-hydrogen) atoms. The van der Waals surface area contributed by atoms with Gasteiger partial charge in [-0.15, -0.1) is 0 Å². The molecule has 0 bridgehead atoms. The lowest BCUT2D eigenvalue weighted by Gasteiger charge is -2.02. The molecule has 0 amide bonds. The maximum Gasteiger partial charge on any atom is 0.187 e. The fourth-order valence-corrected chi connectivity index (χ4v) is 1.87. The van der Waals surface area contributed by atoms with Crippen molar-refractivity contribution in [1.82, 2.24) is 9.97 Å². The summed E-state index contributed by atoms with van der Waals surface area (Å²) >= 11 is 5.24. The molecule has 1 atom stereocenters. The zero-order chi connectivity index (χ0) is 8.97. The monoisotopic (exact) mass is 220 g/mol. The summed E-state index contributed by atoms with van der Waals surface area (Å²) in [6, 6.07) is 1.74. The van der Waals surface area contributed by atoms with E-state index in [0.29, 0.717) is 10.9 Å². The Morgan fingerprint density at radius 1 is 1.75 bits per heavy atom. The van der Waals surface area contributed by atoms with Gasteiger partial charge in [-0.1, -0.05) is 11.8 Å². The van der Waals surface area contributed by atoms with Gasteiger partial charge in [-0.2, -0.15) is 0 Å². The molecule has 0 saturated heterocycles. The molecule has 0 N–H and O–H groups in total. The third-order valence-corrected chi connectivity index (χ3v) is 2.64. The van der Waals surface area contributed by atoms with E-state index in [0.717, 1.165) is 5.69 Å². The number of hydrogen-bond donors (Lipinski definition) is 1. The summed E-state index contributed by atoms with van der Waals surface area (Å²) in [7, 11) is -1.13. The molecule has 1 aromatic heterocycles. The van der Waals surface area contributed by atoms with Crippen molar-refractivity contribution >= 4 is 33.6 Å². The summed E-state index contributed by atoms with van der Waals surface area (Å²) in [5.74, 6) is 0.374. The summed E-state index contributed by atoms with van der Waals surface area (Å²) in [5, 5.41) is 0.700. The normalized spacial score (nSPS) is 12.9. The second-order valence-corrected chi connectivity index (χ2v) is 4.93. The van der Waals surface area contributed by atoms with E-state index < -0.39 is 10.2 Å². The van der Waals surface area contributed by atoms with E-state index in [2.05, 4.69) is 21.6 Å². The molecular formula is C6H8N2OS3. The Hall–Kier alpha value is 0.0900. The molecular weight excluding hydrogens is 212 g/mol. The summed E-state index contributed by atoms with van der Waals surface area (Å²) < 4.78 is 10.7. The third kappa shape index (κ3) is 3.22. The molecule has 0 saturated carbocycles. The zero-order valence-corrected chi connectivity index (χ0v) is 8.96. The van der Waals surface area contributed by atoms with Gasteiger partial charge in [-0.05, 0) is 12.3 Å². The molecule has 1 rings (SSSR count). The molecule has 0 aromatic carbocycles. The fraction of sp³-hybridized carbons (Fsp3) is 0.333. The minimum absolute atomic E-state index is 0.374. The number of hydrogen-bond acceptors (Lipinski definition) is 5. The maximum absolute atomic E-state index is 10.7. The predicted octanol–water partition coefficient (Wildman–Crippen LogP) is 1.29. The molecule has 66 valence electrons. The van der Waals surface area contributed by atoms with Gasteiger partial charge in [0.2, 0.25) is 0 Å². The molecule has 0 spiro atoms. The first-order valence-corrected chi connectivity index (χ1v) is 6.75. The van der Waals surface area contributed by atoms with Crippen molar-refractivity contribution in [2.24, 2.45) is 0 Å². The summed E-state index contributed by atoms with van der Waals surface area (Å²) in [6.45, 7) is 0. The number of aromatic nitrogens is 2. The predicted molar refractivity (Wildman–Crippen MR) is 54.6 cm³/mol. The molecule has 0 aliphatic carbocycles. The number of thiol groups is 1. The molecule has 3 nitrogen and oxygen atoms in total. The number of nitrogens with zero attached hydrogens (tertiary/aromatic N) is 2. The van der Waals surface area contributed by atoms with Crippen LogP contribution < -0.4 is 0 Å². The maximum atomic E-state index is 10.7. The van der Waals surface area contributed by atoms with Crippen molar-refractivity contribution in [2.45, 2.75) is 10.9 Å². The van der Waals surface area contributed by atoms with Gasteiger partial charge < -0.3 is 4.55 Å². The Morgan fingerprint density at radius 2 is 2.50 bits per heavy atom. The standard InChI is InChI=1S/C6H8N2OS3/c1-11-6-7-3-2-5(8-6)4-12(9)10/h2-3H,4H2,1H3,(H,9,10). The van der Waals surface area contributed by atoms with Crippen molar-refractivity contribution in [3.8, 4) is 0 Å². The number of rotatable bonds is 3. The molecule has 1 unspecified atom stereocenters. The highest BCUT2D eigenvalue weighted by molar-refractivity contribution is 8.63. The van der Waals surface area contributed by atoms with Gasteiger partial charge in [-0.25, -0.2) is 9.97 Å². The first-order chi connectivity index (χ1) is 5.72. The lowest BCUT2D eigenvalue weighted by atomic mass is 10.5. The van der Waals surface area contributed by atoms with E-state index in [1.807, 2.05) is 6.26 Å². The van der Waals surface area contributed by atoms with Crippen LogP contribution in [0.5, 0.6) is 0 Å². The molecule has 0 aliphatic heterocycles. The van der Waals surface area contributed by atoms with Crippen molar-refractivity contribution in [3.05, 3.63) is 18.0 Å². The Kier molecular flexibility index (Phi) is 4.20. The quantitative estimate of drug-likeness (QED) is 0.274. The molecule has 0 fully saturated rings. The van der Waals surface area contributed by atoms with E-state index in [1.165, 1.54) is 11.8 Å². The minimum Gasteiger partial charge on any atom is -0.605 e. The Balaban J connectivity index is 2.72. The van der Waals surface area contributed by atoms with Gasteiger partial charge in [-0.3, -0.25) is 0 Å². The SMILES string of the molecule is CSc1nccc(C[S+]([O-])S)n1. The fourth-order valence-electron chi connectivity index (χ4n) is 0.681. The average Bonchev–Trinajstić information content (AvgIpc) is 2.03. The first-order valence-electron chi connectivity index (χ1n) is 3.15. The van der Waals surface area contributed by atoms with E-state index in [-0.39, 0.29) is 0 Å². The summed E-state index contributed by atoms with van der Waals surface area (Å²) in [5.41, 5.74) is 0.766. The van der Waals surface area contributed by atoms with Gasteiger partial charge in [0.25, 0.3) is 0 Å². The molecule has 6 heteroatoms. The van der Waals surface area contributed by atoms with Crippen molar-refractivity contribution in [1.29, 1.82) is 0 Å². The van der Waals surface area contributed by atoms with E-state index >= 15 is 0 Å². The summed E-state index contributed by atoms with van der Waals surface area (Å²) in [6.07, 6.45) is 3.56. The molecule has 1 aromatic rings. The van der Waals surface area contributed by atoms with Crippen LogP contribution in [0.15, 0.2) is 17.4 Å². The van der Waals surface area contributed by atoms with E-state index in [4.69, 9.17) is 0 Å². The van der Waals surface area contributed by atoms with Crippen LogP contribution in [0.2, 0.25) is 0 Å². The van der Waals surface area contributed by atoms with Crippen LogP contribution in [0.3, 0.4) is 0 Å². The van der Waals surface area contributed by atoms with Gasteiger partial charge in [0.05, 0.1) is 17.4 Å². The second kappa shape index (κ2) is 4.96. The van der Waals surface area contributed by atoms with Crippen LogP contribution in [0, 0.1) is 0 Å². The lowest BCUT2D eigenvalue weighted by molar-refractivity contribution is 0.608. The third-order valence-electron chi connectivity index (χ3n) is 1.15. The van der Waals surface area contributed by atoms with Crippen LogP contribution in [0.4, 0.5) is 0 Å². The molecule has 1 heterocycles. The molecule has 0 aliphatic rings. The van der Waals surface area contributed by atoms with Crippen molar-refractivity contribution in [3.63, 3.8) is 0 Å². The van der Waals surface area contributed by atoms with E-state index in [1.54, 1.807) is 12.3 Å². The van der Waals surface area contributed by atoms with Crippen molar-refractivity contribution in [2.75, 3.05) is 6.26 Å². The van der Waals surface area contributed by atoms with E-state index in [9.17, 15) is 4.55 Å². The highest BCUT2D eigenvalue weighted by Crippen LogP contribution is 2.11. The topological polar surface area (TPSA) is 48.8 Å². The second-order valence-electron chi connectivity index (χ2n) is 2.00. The highest BCUT2D eigenvalue weighted by Gasteiger charge is 2.04. The van der Waals surface area contributed by atoms with Gasteiger partial charge in [0.1, 0.15) is 0 Å². The van der Waals surface area contributed by atoms with Crippen LogP contribution in [0.1, 0.15) is 5.69 Å². The zero-order valence-electron chi connectivity index (χ0n) is 6.43. The first kappa shape index (κ1) is 10.2. The lowest BCUT2D eigenvalue weighted by Crippen LogP contribution is -1.99. The summed E-state index contributed by atoms with van der Waals surface area (Å²) in [4.78, 5) is 8.13. The minimum atomic E-state index is -1.13. The van der Waals surface area contributed by atoms with Crippen LogP contribution in [0.25, 0.3) is 0 Å². The van der Waals surface area contributed by atoms with Crippen LogP contribution in [-0.2, 0) is 16.0 Å². The largest absolute Gasteiger partial charge is 0.605 e. The highest BCUT2D eigenvalue weighted by atomic mass is 33.1. The van der Waals surface area contributed by atoms with Gasteiger partial charge in [0, 0.05) is 16.4 Å². The van der Waals surface area contributed by atoms with Crippen LogP contribution >= 0.6 is 23.4 Å². The average molecular weight is 220 g/mol. The Morgan fingerprint density at radius 3 is 3.08 bits per heavy atom. The smallest absolute Gasteiger partial charge is 0.187 e. The Labute approximate surface area is 83.4 Å². The van der Waals surface area contributed by atoms with Gasteiger partial charge in [0.15, 0.2) is 10.9 Å². The molecule has 0 radical (unpaired) electrons.